The quantitative estimate of drug-likeness (QED) is 0.507. The predicted octanol–water partition coefficient (Wildman–Crippen LogP) is 1.68. The highest BCUT2D eigenvalue weighted by Gasteiger charge is 2.58. The molecule has 1 aliphatic heterocycles. The Kier molecular flexibility index (Phi) is 3.56. The minimum atomic E-state index is -0.127. The van der Waals surface area contributed by atoms with Gasteiger partial charge in [0.25, 0.3) is 5.91 Å². The molecule has 0 spiro atoms. The third-order valence-corrected chi connectivity index (χ3v) is 6.02. The molecule has 2 heterocycles. The first-order valence-corrected chi connectivity index (χ1v) is 8.90. The summed E-state index contributed by atoms with van der Waals surface area (Å²) in [5, 5.41) is 4.69. The molecule has 2 bridgehead atoms. The summed E-state index contributed by atoms with van der Waals surface area (Å²) in [7, 11) is 0. The molecule has 120 valence electrons. The number of carbonyl (C=O) groups excluding carboxylic acids is 3. The Balaban J connectivity index is 1.30. The molecule has 3 aliphatic rings. The highest BCUT2D eigenvalue weighted by Crippen LogP contribution is 2.52. The molecule has 4 atom stereocenters. The van der Waals surface area contributed by atoms with Crippen LogP contribution in [0.1, 0.15) is 22.5 Å². The molecule has 1 saturated heterocycles. The summed E-state index contributed by atoms with van der Waals surface area (Å²) in [5.74, 6) is 0.132. The maximum atomic E-state index is 12.5. The van der Waals surface area contributed by atoms with Crippen molar-refractivity contribution in [2.75, 3.05) is 13.1 Å². The molecule has 0 radical (unpaired) electrons. The summed E-state index contributed by atoms with van der Waals surface area (Å²) >= 11 is 1.40. The van der Waals surface area contributed by atoms with Gasteiger partial charge in [-0.25, -0.2) is 0 Å². The van der Waals surface area contributed by atoms with Gasteiger partial charge in [-0.05, 0) is 36.1 Å². The number of amides is 3. The van der Waals surface area contributed by atoms with Crippen LogP contribution in [0.2, 0.25) is 0 Å². The average Bonchev–Trinajstić information content (AvgIpc) is 3.30. The Morgan fingerprint density at radius 1 is 1.22 bits per heavy atom. The molecule has 3 amide bonds. The fraction of sp³-hybridized carbons (Fsp3) is 0.471. The molecule has 0 aromatic carbocycles. The number of hydrogen-bond donors (Lipinski definition) is 1. The summed E-state index contributed by atoms with van der Waals surface area (Å²) in [6.45, 7) is 0.864. The fourth-order valence-electron chi connectivity index (χ4n) is 4.12. The molecule has 2 aliphatic carbocycles. The zero-order chi connectivity index (χ0) is 16.0. The first kappa shape index (κ1) is 14.6. The van der Waals surface area contributed by atoms with Crippen molar-refractivity contribution in [2.24, 2.45) is 23.7 Å². The van der Waals surface area contributed by atoms with Gasteiger partial charge in [0, 0.05) is 13.1 Å². The predicted molar refractivity (Wildman–Crippen MR) is 85.7 cm³/mol. The van der Waals surface area contributed by atoms with Crippen molar-refractivity contribution in [3.05, 3.63) is 34.5 Å². The van der Waals surface area contributed by atoms with Gasteiger partial charge in [0.15, 0.2) is 0 Å². The standard InChI is InChI=1S/C17H18N2O3S/c20-15(12-3-1-8-23-12)18-6-2-7-19-16(21)13-10-4-5-11(9-10)14(13)17(19)22/h1,3-5,8,10-11,13-14H,2,6-7,9H2,(H,18,20)/t10-,11-,13-,14+/m0/s1. The van der Waals surface area contributed by atoms with Crippen molar-refractivity contribution in [2.45, 2.75) is 12.8 Å². The lowest BCUT2D eigenvalue weighted by Gasteiger charge is -2.17. The van der Waals surface area contributed by atoms with Crippen molar-refractivity contribution in [1.29, 1.82) is 0 Å². The van der Waals surface area contributed by atoms with E-state index < -0.39 is 0 Å². The second-order valence-electron chi connectivity index (χ2n) is 6.41. The van der Waals surface area contributed by atoms with E-state index in [1.165, 1.54) is 16.2 Å². The summed E-state index contributed by atoms with van der Waals surface area (Å²) < 4.78 is 0. The number of thiophene rings is 1. The Morgan fingerprint density at radius 3 is 2.52 bits per heavy atom. The topological polar surface area (TPSA) is 66.5 Å². The summed E-state index contributed by atoms with van der Waals surface area (Å²) in [4.78, 5) is 38.9. The van der Waals surface area contributed by atoms with Gasteiger partial charge in [-0.2, -0.15) is 0 Å². The van der Waals surface area contributed by atoms with Gasteiger partial charge in [-0.3, -0.25) is 19.3 Å². The van der Waals surface area contributed by atoms with Gasteiger partial charge in [-0.15, -0.1) is 11.3 Å². The van der Waals surface area contributed by atoms with Crippen LogP contribution in [-0.2, 0) is 9.59 Å². The summed E-state index contributed by atoms with van der Waals surface area (Å²) in [6.07, 6.45) is 5.75. The van der Waals surface area contributed by atoms with Crippen LogP contribution in [0.25, 0.3) is 0 Å². The van der Waals surface area contributed by atoms with E-state index in [1.54, 1.807) is 6.07 Å². The van der Waals surface area contributed by atoms with Crippen molar-refractivity contribution in [3.8, 4) is 0 Å². The molecule has 1 aromatic heterocycles. The third kappa shape index (κ3) is 2.32. The van der Waals surface area contributed by atoms with Gasteiger partial charge in [0.2, 0.25) is 11.8 Å². The van der Waals surface area contributed by atoms with Gasteiger partial charge in [-0.1, -0.05) is 18.2 Å². The Morgan fingerprint density at radius 2 is 1.91 bits per heavy atom. The van der Waals surface area contributed by atoms with Crippen LogP contribution in [0.4, 0.5) is 0 Å². The molecular formula is C17H18N2O3S. The van der Waals surface area contributed by atoms with Crippen LogP contribution in [-0.4, -0.2) is 35.7 Å². The normalized spacial score (nSPS) is 31.0. The molecule has 0 unspecified atom stereocenters. The number of nitrogens with zero attached hydrogens (tertiary/aromatic N) is 1. The zero-order valence-corrected chi connectivity index (χ0v) is 13.4. The van der Waals surface area contributed by atoms with Crippen molar-refractivity contribution in [3.63, 3.8) is 0 Å². The van der Waals surface area contributed by atoms with E-state index in [0.717, 1.165) is 6.42 Å². The third-order valence-electron chi connectivity index (χ3n) is 5.15. The molecule has 1 saturated carbocycles. The number of carbonyl (C=O) groups is 3. The molecule has 5 nitrogen and oxygen atoms in total. The van der Waals surface area contributed by atoms with Crippen LogP contribution in [0.15, 0.2) is 29.7 Å². The number of likely N-dealkylation sites (tertiary alicyclic amines) is 1. The van der Waals surface area contributed by atoms with E-state index in [9.17, 15) is 14.4 Å². The lowest BCUT2D eigenvalue weighted by atomic mass is 9.85. The number of hydrogen-bond acceptors (Lipinski definition) is 4. The second-order valence-corrected chi connectivity index (χ2v) is 7.36. The maximum absolute atomic E-state index is 12.5. The van der Waals surface area contributed by atoms with E-state index in [0.29, 0.717) is 24.4 Å². The Labute approximate surface area is 138 Å². The maximum Gasteiger partial charge on any atom is 0.261 e. The van der Waals surface area contributed by atoms with Crippen LogP contribution in [0, 0.1) is 23.7 Å². The molecule has 23 heavy (non-hydrogen) atoms. The first-order valence-electron chi connectivity index (χ1n) is 8.02. The van der Waals surface area contributed by atoms with Crippen molar-refractivity contribution < 1.29 is 14.4 Å². The minimum Gasteiger partial charge on any atom is -0.351 e. The number of imide groups is 1. The molecule has 6 heteroatoms. The van der Waals surface area contributed by atoms with E-state index in [2.05, 4.69) is 17.5 Å². The van der Waals surface area contributed by atoms with Gasteiger partial charge in [0.05, 0.1) is 16.7 Å². The zero-order valence-electron chi connectivity index (χ0n) is 12.6. The molecule has 2 fully saturated rings. The summed E-state index contributed by atoms with van der Waals surface area (Å²) in [6, 6.07) is 3.61. The number of allylic oxidation sites excluding steroid dienone is 2. The number of rotatable bonds is 5. The Bertz CT molecular complexity index is 652. The SMILES string of the molecule is O=C(NCCCN1C(=O)[C@@H]2[C@H](C1=O)[C@H]1C=C[C@H]2C1)c1cccs1. The van der Waals surface area contributed by atoms with Gasteiger partial charge >= 0.3 is 0 Å². The second kappa shape index (κ2) is 5.60. The van der Waals surface area contributed by atoms with E-state index >= 15 is 0 Å². The van der Waals surface area contributed by atoms with E-state index in [1.807, 2.05) is 11.4 Å². The minimum absolute atomic E-state index is 0.0126. The first-order chi connectivity index (χ1) is 11.2. The van der Waals surface area contributed by atoms with Crippen LogP contribution < -0.4 is 5.32 Å². The van der Waals surface area contributed by atoms with Gasteiger partial charge < -0.3 is 5.32 Å². The largest absolute Gasteiger partial charge is 0.351 e. The fourth-order valence-corrected chi connectivity index (χ4v) is 4.76. The van der Waals surface area contributed by atoms with Crippen molar-refractivity contribution >= 4 is 29.1 Å². The highest BCUT2D eigenvalue weighted by molar-refractivity contribution is 7.12. The van der Waals surface area contributed by atoms with E-state index in [-0.39, 0.29) is 41.4 Å². The molecule has 4 rings (SSSR count). The highest BCUT2D eigenvalue weighted by atomic mass is 32.1. The number of fused-ring (bicyclic) bond motifs is 5. The smallest absolute Gasteiger partial charge is 0.261 e. The monoisotopic (exact) mass is 330 g/mol. The molecule has 1 aromatic rings. The molecular weight excluding hydrogens is 312 g/mol. The number of nitrogens with one attached hydrogen (secondary N) is 1. The lowest BCUT2D eigenvalue weighted by Crippen LogP contribution is -2.35. The average molecular weight is 330 g/mol. The molecule has 1 N–H and O–H groups in total. The Hall–Kier alpha value is -1.95. The van der Waals surface area contributed by atoms with Crippen LogP contribution in [0.3, 0.4) is 0 Å². The van der Waals surface area contributed by atoms with Gasteiger partial charge in [0.1, 0.15) is 0 Å². The van der Waals surface area contributed by atoms with E-state index in [4.69, 9.17) is 0 Å². The van der Waals surface area contributed by atoms with Crippen LogP contribution >= 0.6 is 11.3 Å². The lowest BCUT2D eigenvalue weighted by molar-refractivity contribution is -0.140. The summed E-state index contributed by atoms with van der Waals surface area (Å²) in [5.41, 5.74) is 0. The van der Waals surface area contributed by atoms with Crippen molar-refractivity contribution in [1.82, 2.24) is 10.2 Å². The van der Waals surface area contributed by atoms with Crippen LogP contribution in [0.5, 0.6) is 0 Å².